The lowest BCUT2D eigenvalue weighted by molar-refractivity contribution is 0.586. The number of nitrogens with one attached hydrogen (secondary N) is 2. The minimum atomic E-state index is -3.64. The smallest absolute Gasteiger partial charge is 0.299 e. The van der Waals surface area contributed by atoms with Gasteiger partial charge in [-0.1, -0.05) is 11.8 Å². The largest absolute Gasteiger partial charge is 0.320 e. The molecule has 0 bridgehead atoms. The van der Waals surface area contributed by atoms with Gasteiger partial charge in [-0.2, -0.15) is 13.1 Å². The van der Waals surface area contributed by atoms with Gasteiger partial charge in [0, 0.05) is 6.04 Å². The van der Waals surface area contributed by atoms with Crippen molar-refractivity contribution in [3.8, 4) is 11.8 Å². The molecule has 2 rings (SSSR count). The Balaban J connectivity index is 2.11. The van der Waals surface area contributed by atoms with E-state index in [2.05, 4.69) is 21.3 Å². The quantitative estimate of drug-likeness (QED) is 0.705. The lowest BCUT2D eigenvalue weighted by Gasteiger charge is -2.08. The number of benzene rings is 1. The maximum Gasteiger partial charge on any atom is 0.299 e. The van der Waals surface area contributed by atoms with E-state index in [4.69, 9.17) is 5.73 Å². The minimum absolute atomic E-state index is 0.00274. The molecule has 7 heteroatoms. The fourth-order valence-corrected chi connectivity index (χ4v) is 2.60. The Bertz CT molecular complexity index is 630. The maximum absolute atomic E-state index is 13.6. The van der Waals surface area contributed by atoms with Gasteiger partial charge in [0.2, 0.25) is 0 Å². The summed E-state index contributed by atoms with van der Waals surface area (Å²) in [5.74, 6) is 4.51. The van der Waals surface area contributed by atoms with Crippen LogP contribution in [0.2, 0.25) is 0 Å². The van der Waals surface area contributed by atoms with Gasteiger partial charge in [-0.15, -0.1) is 0 Å². The van der Waals surface area contributed by atoms with Gasteiger partial charge in [0.05, 0.1) is 17.8 Å². The molecule has 102 valence electrons. The molecule has 0 aliphatic heterocycles. The van der Waals surface area contributed by atoms with Crippen LogP contribution in [0.25, 0.3) is 0 Å². The van der Waals surface area contributed by atoms with Crippen molar-refractivity contribution in [1.29, 1.82) is 0 Å². The predicted octanol–water partition coefficient (Wildman–Crippen LogP) is 0.545. The van der Waals surface area contributed by atoms with Crippen molar-refractivity contribution >= 4 is 15.9 Å². The van der Waals surface area contributed by atoms with Crippen molar-refractivity contribution in [3.63, 3.8) is 0 Å². The molecule has 0 radical (unpaired) electrons. The lowest BCUT2D eigenvalue weighted by atomic mass is 10.2. The summed E-state index contributed by atoms with van der Waals surface area (Å²) in [5.41, 5.74) is 5.54. The van der Waals surface area contributed by atoms with Crippen LogP contribution in [-0.2, 0) is 10.2 Å². The zero-order chi connectivity index (χ0) is 13.9. The van der Waals surface area contributed by atoms with Crippen LogP contribution in [0.3, 0.4) is 0 Å². The Morgan fingerprint density at radius 2 is 2.16 bits per heavy atom. The Morgan fingerprint density at radius 3 is 2.74 bits per heavy atom. The van der Waals surface area contributed by atoms with Gasteiger partial charge in [0.25, 0.3) is 10.2 Å². The van der Waals surface area contributed by atoms with Crippen molar-refractivity contribution in [1.82, 2.24) is 4.72 Å². The van der Waals surface area contributed by atoms with Crippen LogP contribution in [0.1, 0.15) is 18.4 Å². The molecule has 1 aliphatic carbocycles. The summed E-state index contributed by atoms with van der Waals surface area (Å²) in [6, 6.07) is 3.95. The second-order valence-corrected chi connectivity index (χ2v) is 5.64. The summed E-state index contributed by atoms with van der Waals surface area (Å²) in [5, 5.41) is 0. The molecule has 19 heavy (non-hydrogen) atoms. The average molecular weight is 283 g/mol. The molecule has 1 saturated carbocycles. The first-order chi connectivity index (χ1) is 9.00. The minimum Gasteiger partial charge on any atom is -0.320 e. The molecule has 4 N–H and O–H groups in total. The fourth-order valence-electron chi connectivity index (χ4n) is 1.43. The third kappa shape index (κ3) is 4.21. The second-order valence-electron chi connectivity index (χ2n) is 4.20. The van der Waals surface area contributed by atoms with Crippen LogP contribution in [0.5, 0.6) is 0 Å². The van der Waals surface area contributed by atoms with Gasteiger partial charge >= 0.3 is 0 Å². The van der Waals surface area contributed by atoms with Crippen LogP contribution in [0, 0.1) is 17.7 Å². The van der Waals surface area contributed by atoms with Gasteiger partial charge in [0.1, 0.15) is 5.82 Å². The molecule has 0 amide bonds. The zero-order valence-corrected chi connectivity index (χ0v) is 10.9. The van der Waals surface area contributed by atoms with Crippen molar-refractivity contribution in [3.05, 3.63) is 29.6 Å². The summed E-state index contributed by atoms with van der Waals surface area (Å²) < 4.78 is 41.6. The van der Waals surface area contributed by atoms with Crippen LogP contribution in [-0.4, -0.2) is 21.0 Å². The van der Waals surface area contributed by atoms with E-state index in [0.717, 1.165) is 18.9 Å². The Morgan fingerprint density at radius 1 is 1.42 bits per heavy atom. The van der Waals surface area contributed by atoms with Gasteiger partial charge in [0.15, 0.2) is 0 Å². The maximum atomic E-state index is 13.6. The molecule has 0 saturated heterocycles. The number of hydrogen-bond donors (Lipinski definition) is 3. The Hall–Kier alpha value is -1.62. The van der Waals surface area contributed by atoms with Crippen molar-refractivity contribution in [2.45, 2.75) is 18.9 Å². The molecule has 0 aromatic heterocycles. The number of halogens is 1. The number of anilines is 1. The summed E-state index contributed by atoms with van der Waals surface area (Å²) >= 11 is 0. The van der Waals surface area contributed by atoms with E-state index in [9.17, 15) is 12.8 Å². The number of hydrogen-bond acceptors (Lipinski definition) is 3. The Labute approximate surface area is 111 Å². The fraction of sp³-hybridized carbons (Fsp3) is 0.333. The van der Waals surface area contributed by atoms with Crippen LogP contribution in [0.4, 0.5) is 10.1 Å². The van der Waals surface area contributed by atoms with Gasteiger partial charge < -0.3 is 5.73 Å². The van der Waals surface area contributed by atoms with Gasteiger partial charge in [-0.05, 0) is 31.0 Å². The molecular formula is C12H14FN3O2S. The first-order valence-corrected chi connectivity index (χ1v) is 7.27. The van der Waals surface area contributed by atoms with Gasteiger partial charge in [-0.25, -0.2) is 4.39 Å². The highest BCUT2D eigenvalue weighted by Crippen LogP contribution is 2.21. The lowest BCUT2D eigenvalue weighted by Crippen LogP contribution is -2.31. The van der Waals surface area contributed by atoms with Crippen LogP contribution >= 0.6 is 0 Å². The highest BCUT2D eigenvalue weighted by atomic mass is 32.2. The summed E-state index contributed by atoms with van der Waals surface area (Å²) in [7, 11) is -3.64. The second kappa shape index (κ2) is 5.57. The monoisotopic (exact) mass is 283 g/mol. The highest BCUT2D eigenvalue weighted by Gasteiger charge is 2.26. The standard InChI is InChI=1S/C12H14FN3O2S/c13-12-8-11(4-3-9(12)2-1-7-14)16-19(17,18)15-10-5-6-10/h3-4,8,10,15-16H,5-7,14H2. The topological polar surface area (TPSA) is 84.2 Å². The zero-order valence-electron chi connectivity index (χ0n) is 10.1. The summed E-state index contributed by atoms with van der Waals surface area (Å²) in [4.78, 5) is 0. The molecule has 0 spiro atoms. The van der Waals surface area contributed by atoms with E-state index in [1.165, 1.54) is 12.1 Å². The predicted molar refractivity (Wildman–Crippen MR) is 71.0 cm³/mol. The molecule has 1 aromatic rings. The number of rotatable bonds is 4. The third-order valence-corrected chi connectivity index (χ3v) is 3.59. The SMILES string of the molecule is NCC#Cc1ccc(NS(=O)(=O)NC2CC2)cc1F. The van der Waals surface area contributed by atoms with E-state index in [1.54, 1.807) is 0 Å². The highest BCUT2D eigenvalue weighted by molar-refractivity contribution is 7.90. The van der Waals surface area contributed by atoms with E-state index >= 15 is 0 Å². The van der Waals surface area contributed by atoms with Gasteiger partial charge in [-0.3, -0.25) is 4.72 Å². The molecular weight excluding hydrogens is 269 g/mol. The van der Waals surface area contributed by atoms with Crippen LogP contribution in [0.15, 0.2) is 18.2 Å². The van der Waals surface area contributed by atoms with E-state index < -0.39 is 16.0 Å². The van der Waals surface area contributed by atoms with Crippen LogP contribution < -0.4 is 15.2 Å². The molecule has 0 atom stereocenters. The van der Waals surface area contributed by atoms with E-state index in [1.807, 2.05) is 0 Å². The Kier molecular flexibility index (Phi) is 4.04. The normalized spacial score (nSPS) is 14.6. The average Bonchev–Trinajstić information content (AvgIpc) is 3.10. The van der Waals surface area contributed by atoms with Crippen molar-refractivity contribution in [2.24, 2.45) is 5.73 Å². The molecule has 1 aliphatic rings. The molecule has 5 nitrogen and oxygen atoms in total. The number of nitrogens with two attached hydrogens (primary N) is 1. The summed E-state index contributed by atoms with van der Waals surface area (Å²) in [6.07, 6.45) is 1.67. The van der Waals surface area contributed by atoms with Crippen molar-refractivity contribution in [2.75, 3.05) is 11.3 Å². The molecule has 1 fully saturated rings. The molecule has 1 aromatic carbocycles. The first-order valence-electron chi connectivity index (χ1n) is 5.79. The van der Waals surface area contributed by atoms with E-state index in [-0.39, 0.29) is 23.8 Å². The molecule has 0 heterocycles. The van der Waals surface area contributed by atoms with Crippen molar-refractivity contribution < 1.29 is 12.8 Å². The van der Waals surface area contributed by atoms with E-state index in [0.29, 0.717) is 0 Å². The summed E-state index contributed by atoms with van der Waals surface area (Å²) in [6.45, 7) is 0.138. The third-order valence-electron chi connectivity index (χ3n) is 2.45. The molecule has 0 unspecified atom stereocenters. The first kappa shape index (κ1) is 13.8.